The average molecular weight is 272 g/mol. The van der Waals surface area contributed by atoms with Gasteiger partial charge in [0.1, 0.15) is 5.75 Å². The van der Waals surface area contributed by atoms with Gasteiger partial charge in [-0.05, 0) is 31.7 Å². The highest BCUT2D eigenvalue weighted by Gasteiger charge is 2.04. The smallest absolute Gasteiger partial charge is 0.123 e. The summed E-state index contributed by atoms with van der Waals surface area (Å²) in [6.45, 7) is 7.94. The van der Waals surface area contributed by atoms with E-state index in [2.05, 4.69) is 12.2 Å². The minimum atomic E-state index is 0.667. The molecule has 0 bridgehead atoms. The van der Waals surface area contributed by atoms with E-state index in [9.17, 15) is 0 Å². The molecule has 0 fully saturated rings. The standard InChI is InChI=1S/C14H22ClNO2/c1-3-16-11-12-10-13(15)6-7-14(12)18-9-5-8-17-4-2/h6-7,10,16H,3-5,8-9,11H2,1-2H3. The first-order chi connectivity index (χ1) is 8.77. The summed E-state index contributed by atoms with van der Waals surface area (Å²) in [7, 11) is 0. The largest absolute Gasteiger partial charge is 0.493 e. The third-order valence-electron chi connectivity index (χ3n) is 2.48. The number of rotatable bonds is 9. The van der Waals surface area contributed by atoms with Crippen LogP contribution in [-0.4, -0.2) is 26.4 Å². The van der Waals surface area contributed by atoms with Crippen molar-refractivity contribution in [1.29, 1.82) is 0 Å². The molecule has 0 saturated heterocycles. The van der Waals surface area contributed by atoms with Crippen molar-refractivity contribution in [3.05, 3.63) is 28.8 Å². The Morgan fingerprint density at radius 1 is 1.22 bits per heavy atom. The maximum atomic E-state index is 5.99. The van der Waals surface area contributed by atoms with Crippen LogP contribution in [0.5, 0.6) is 5.75 Å². The molecule has 0 heterocycles. The molecule has 0 saturated carbocycles. The van der Waals surface area contributed by atoms with Crippen LogP contribution in [0.3, 0.4) is 0 Å². The molecule has 0 unspecified atom stereocenters. The minimum absolute atomic E-state index is 0.667. The summed E-state index contributed by atoms with van der Waals surface area (Å²) in [6.07, 6.45) is 0.900. The first kappa shape index (κ1) is 15.3. The molecule has 1 aromatic rings. The van der Waals surface area contributed by atoms with E-state index < -0.39 is 0 Å². The molecule has 4 heteroatoms. The zero-order valence-electron chi connectivity index (χ0n) is 11.2. The Bertz CT molecular complexity index is 345. The third kappa shape index (κ3) is 5.71. The predicted molar refractivity (Wildman–Crippen MR) is 75.4 cm³/mol. The number of halogens is 1. The van der Waals surface area contributed by atoms with Crippen LogP contribution in [0.4, 0.5) is 0 Å². The van der Waals surface area contributed by atoms with E-state index in [0.29, 0.717) is 6.61 Å². The minimum Gasteiger partial charge on any atom is -0.493 e. The molecule has 0 radical (unpaired) electrons. The second-order valence-corrected chi connectivity index (χ2v) is 4.37. The van der Waals surface area contributed by atoms with Gasteiger partial charge in [0.05, 0.1) is 6.61 Å². The van der Waals surface area contributed by atoms with Crippen molar-refractivity contribution in [1.82, 2.24) is 5.32 Å². The fourth-order valence-corrected chi connectivity index (χ4v) is 1.77. The topological polar surface area (TPSA) is 30.5 Å². The summed E-state index contributed by atoms with van der Waals surface area (Å²) in [5.74, 6) is 0.900. The molecular formula is C14H22ClNO2. The SMILES string of the molecule is CCNCc1cc(Cl)ccc1OCCCOCC. The Hall–Kier alpha value is -0.770. The molecule has 0 amide bonds. The fraction of sp³-hybridized carbons (Fsp3) is 0.571. The maximum absolute atomic E-state index is 5.99. The molecule has 1 N–H and O–H groups in total. The molecule has 3 nitrogen and oxygen atoms in total. The van der Waals surface area contributed by atoms with Crippen LogP contribution in [-0.2, 0) is 11.3 Å². The van der Waals surface area contributed by atoms with E-state index in [1.165, 1.54) is 0 Å². The van der Waals surface area contributed by atoms with Crippen molar-refractivity contribution < 1.29 is 9.47 Å². The monoisotopic (exact) mass is 271 g/mol. The predicted octanol–water partition coefficient (Wildman–Crippen LogP) is 3.25. The zero-order valence-corrected chi connectivity index (χ0v) is 11.9. The maximum Gasteiger partial charge on any atom is 0.123 e. The van der Waals surface area contributed by atoms with Crippen LogP contribution in [0.15, 0.2) is 18.2 Å². The lowest BCUT2D eigenvalue weighted by molar-refractivity contribution is 0.130. The highest BCUT2D eigenvalue weighted by Crippen LogP contribution is 2.23. The number of hydrogen-bond donors (Lipinski definition) is 1. The van der Waals surface area contributed by atoms with Crippen LogP contribution < -0.4 is 10.1 Å². The molecule has 0 aliphatic heterocycles. The van der Waals surface area contributed by atoms with Crippen molar-refractivity contribution in [2.24, 2.45) is 0 Å². The molecule has 0 aromatic heterocycles. The van der Waals surface area contributed by atoms with Crippen LogP contribution in [0.1, 0.15) is 25.8 Å². The van der Waals surface area contributed by atoms with E-state index in [1.807, 2.05) is 25.1 Å². The van der Waals surface area contributed by atoms with E-state index in [4.69, 9.17) is 21.1 Å². The van der Waals surface area contributed by atoms with Crippen LogP contribution in [0.25, 0.3) is 0 Å². The zero-order chi connectivity index (χ0) is 13.2. The summed E-state index contributed by atoms with van der Waals surface area (Å²) < 4.78 is 11.0. The molecule has 102 valence electrons. The van der Waals surface area contributed by atoms with Crippen LogP contribution >= 0.6 is 11.6 Å². The summed E-state index contributed by atoms with van der Waals surface area (Å²) in [5, 5.41) is 4.02. The van der Waals surface area contributed by atoms with Crippen molar-refractivity contribution in [3.63, 3.8) is 0 Å². The summed E-state index contributed by atoms with van der Waals surface area (Å²) in [6, 6.07) is 5.73. The molecule has 0 aliphatic rings. The van der Waals surface area contributed by atoms with Gasteiger partial charge >= 0.3 is 0 Å². The summed E-state index contributed by atoms with van der Waals surface area (Å²) >= 11 is 5.99. The summed E-state index contributed by atoms with van der Waals surface area (Å²) in [4.78, 5) is 0. The number of hydrogen-bond acceptors (Lipinski definition) is 3. The molecular weight excluding hydrogens is 250 g/mol. The number of nitrogens with one attached hydrogen (secondary N) is 1. The van der Waals surface area contributed by atoms with Gasteiger partial charge in [-0.15, -0.1) is 0 Å². The fourth-order valence-electron chi connectivity index (χ4n) is 1.57. The van der Waals surface area contributed by atoms with Gasteiger partial charge in [-0.3, -0.25) is 0 Å². The normalized spacial score (nSPS) is 10.6. The first-order valence-electron chi connectivity index (χ1n) is 6.47. The van der Waals surface area contributed by atoms with Gasteiger partial charge in [0.25, 0.3) is 0 Å². The number of benzene rings is 1. The van der Waals surface area contributed by atoms with Crippen molar-refractivity contribution in [3.8, 4) is 5.75 Å². The number of ether oxygens (including phenoxy) is 2. The summed E-state index contributed by atoms with van der Waals surface area (Å²) in [5.41, 5.74) is 1.10. The lowest BCUT2D eigenvalue weighted by Gasteiger charge is -2.12. The molecule has 0 spiro atoms. The molecule has 0 atom stereocenters. The van der Waals surface area contributed by atoms with Gasteiger partial charge in [0.15, 0.2) is 0 Å². The van der Waals surface area contributed by atoms with Gasteiger partial charge < -0.3 is 14.8 Å². The second kappa shape index (κ2) is 9.20. The quantitative estimate of drug-likeness (QED) is 0.700. The van der Waals surface area contributed by atoms with Crippen molar-refractivity contribution in [2.75, 3.05) is 26.4 Å². The van der Waals surface area contributed by atoms with E-state index in [-0.39, 0.29) is 0 Å². The Kier molecular flexibility index (Phi) is 7.81. The molecule has 1 rings (SSSR count). The van der Waals surface area contributed by atoms with E-state index in [1.54, 1.807) is 0 Å². The lowest BCUT2D eigenvalue weighted by atomic mass is 10.2. The van der Waals surface area contributed by atoms with E-state index >= 15 is 0 Å². The molecule has 1 aromatic carbocycles. The second-order valence-electron chi connectivity index (χ2n) is 3.93. The van der Waals surface area contributed by atoms with Crippen LogP contribution in [0.2, 0.25) is 5.02 Å². The first-order valence-corrected chi connectivity index (χ1v) is 6.85. The van der Waals surface area contributed by atoms with Gasteiger partial charge in [-0.2, -0.15) is 0 Å². The Labute approximate surface area is 114 Å². The Balaban J connectivity index is 2.47. The van der Waals surface area contributed by atoms with Gasteiger partial charge in [-0.25, -0.2) is 0 Å². The van der Waals surface area contributed by atoms with Gasteiger partial charge in [-0.1, -0.05) is 18.5 Å². The van der Waals surface area contributed by atoms with Crippen LogP contribution in [0, 0.1) is 0 Å². The highest BCUT2D eigenvalue weighted by molar-refractivity contribution is 6.30. The van der Waals surface area contributed by atoms with Crippen molar-refractivity contribution >= 4 is 11.6 Å². The van der Waals surface area contributed by atoms with Gasteiger partial charge in [0, 0.05) is 36.8 Å². The molecule has 0 aliphatic carbocycles. The lowest BCUT2D eigenvalue weighted by Crippen LogP contribution is -2.13. The Morgan fingerprint density at radius 2 is 2.06 bits per heavy atom. The van der Waals surface area contributed by atoms with E-state index in [0.717, 1.165) is 49.1 Å². The van der Waals surface area contributed by atoms with Gasteiger partial charge in [0.2, 0.25) is 0 Å². The molecule has 18 heavy (non-hydrogen) atoms. The average Bonchev–Trinajstić information content (AvgIpc) is 2.38. The highest BCUT2D eigenvalue weighted by atomic mass is 35.5. The third-order valence-corrected chi connectivity index (χ3v) is 2.72. The van der Waals surface area contributed by atoms with Crippen molar-refractivity contribution in [2.45, 2.75) is 26.8 Å². The Morgan fingerprint density at radius 3 is 2.78 bits per heavy atom.